The van der Waals surface area contributed by atoms with Gasteiger partial charge < -0.3 is 15.5 Å². The van der Waals surface area contributed by atoms with E-state index in [0.717, 1.165) is 0 Å². The first kappa shape index (κ1) is 19.2. The minimum atomic E-state index is 0. The molecule has 1 saturated carbocycles. The molecule has 2 N–H and O–H groups in total. The maximum Gasteiger partial charge on any atom is 0.243 e. The Morgan fingerprint density at radius 2 is 2.00 bits per heavy atom. The number of aliphatic imine (C=N–C) groups is 1. The second-order valence-electron chi connectivity index (χ2n) is 5.10. The fourth-order valence-corrected chi connectivity index (χ4v) is 2.05. The summed E-state index contributed by atoms with van der Waals surface area (Å²) in [5.74, 6) is 0.713. The zero-order valence-corrected chi connectivity index (χ0v) is 14.9. The third kappa shape index (κ3) is 7.72. The average Bonchev–Trinajstić information content (AvgIpc) is 2.42. The van der Waals surface area contributed by atoms with Crippen molar-refractivity contribution in [1.29, 1.82) is 0 Å². The van der Waals surface area contributed by atoms with Crippen LogP contribution in [-0.4, -0.2) is 50.0 Å². The molecular weight excluding hydrogens is 367 g/mol. The fraction of sp³-hybridized carbons (Fsp3) is 0.714. The molecule has 1 aliphatic rings. The lowest BCUT2D eigenvalue weighted by molar-refractivity contribution is -0.127. The first-order valence-electron chi connectivity index (χ1n) is 6.99. The number of carbonyl (C=O) groups excluding carboxylic acids is 1. The SMILES string of the molecule is C=CCNC(=NCC(=O)N(C)C)NC1CCCCC1.I. The summed E-state index contributed by atoms with van der Waals surface area (Å²) in [5, 5.41) is 6.57. The van der Waals surface area contributed by atoms with E-state index < -0.39 is 0 Å². The van der Waals surface area contributed by atoms with Gasteiger partial charge in [0.2, 0.25) is 5.91 Å². The zero-order valence-electron chi connectivity index (χ0n) is 12.5. The molecule has 20 heavy (non-hydrogen) atoms. The number of likely N-dealkylation sites (N-methyl/N-ethyl adjacent to an activating group) is 1. The first-order valence-corrected chi connectivity index (χ1v) is 6.99. The van der Waals surface area contributed by atoms with Crippen LogP contribution in [-0.2, 0) is 4.79 Å². The number of hydrogen-bond donors (Lipinski definition) is 2. The molecule has 0 aromatic heterocycles. The number of rotatable bonds is 5. The van der Waals surface area contributed by atoms with E-state index in [4.69, 9.17) is 0 Å². The monoisotopic (exact) mass is 394 g/mol. The van der Waals surface area contributed by atoms with Crippen LogP contribution in [0.15, 0.2) is 17.6 Å². The Morgan fingerprint density at radius 3 is 2.55 bits per heavy atom. The van der Waals surface area contributed by atoms with Crippen molar-refractivity contribution in [3.05, 3.63) is 12.7 Å². The summed E-state index contributed by atoms with van der Waals surface area (Å²) in [6.07, 6.45) is 7.99. The molecule has 0 heterocycles. The Bertz CT molecular complexity index is 325. The molecule has 0 unspecified atom stereocenters. The van der Waals surface area contributed by atoms with Crippen LogP contribution in [0.5, 0.6) is 0 Å². The first-order chi connectivity index (χ1) is 9.13. The lowest BCUT2D eigenvalue weighted by Crippen LogP contribution is -2.44. The van der Waals surface area contributed by atoms with E-state index in [-0.39, 0.29) is 36.4 Å². The van der Waals surface area contributed by atoms with Gasteiger partial charge >= 0.3 is 0 Å². The van der Waals surface area contributed by atoms with Gasteiger partial charge in [0.25, 0.3) is 0 Å². The molecule has 0 radical (unpaired) electrons. The van der Waals surface area contributed by atoms with Crippen molar-refractivity contribution in [2.24, 2.45) is 4.99 Å². The van der Waals surface area contributed by atoms with E-state index in [2.05, 4.69) is 22.2 Å². The van der Waals surface area contributed by atoms with Crippen molar-refractivity contribution in [2.45, 2.75) is 38.1 Å². The summed E-state index contributed by atoms with van der Waals surface area (Å²) in [6.45, 7) is 4.50. The van der Waals surface area contributed by atoms with Crippen molar-refractivity contribution in [3.63, 3.8) is 0 Å². The molecule has 0 atom stereocenters. The number of nitrogens with zero attached hydrogens (tertiary/aromatic N) is 2. The minimum Gasteiger partial charge on any atom is -0.354 e. The van der Waals surface area contributed by atoms with Gasteiger partial charge in [-0.2, -0.15) is 0 Å². The normalized spacial score (nSPS) is 16.0. The Morgan fingerprint density at radius 1 is 1.35 bits per heavy atom. The largest absolute Gasteiger partial charge is 0.354 e. The maximum atomic E-state index is 11.6. The molecule has 5 nitrogen and oxygen atoms in total. The topological polar surface area (TPSA) is 56.7 Å². The quantitative estimate of drug-likeness (QED) is 0.323. The van der Waals surface area contributed by atoms with Crippen LogP contribution < -0.4 is 10.6 Å². The van der Waals surface area contributed by atoms with Gasteiger partial charge in [-0.25, -0.2) is 4.99 Å². The van der Waals surface area contributed by atoms with Crippen molar-refractivity contribution in [2.75, 3.05) is 27.2 Å². The number of hydrogen-bond acceptors (Lipinski definition) is 2. The summed E-state index contributed by atoms with van der Waals surface area (Å²) < 4.78 is 0. The smallest absolute Gasteiger partial charge is 0.243 e. The van der Waals surface area contributed by atoms with E-state index in [9.17, 15) is 4.79 Å². The van der Waals surface area contributed by atoms with Gasteiger partial charge in [-0.1, -0.05) is 25.3 Å². The minimum absolute atomic E-state index is 0. The van der Waals surface area contributed by atoms with Crippen molar-refractivity contribution in [3.8, 4) is 0 Å². The van der Waals surface area contributed by atoms with Gasteiger partial charge in [0.1, 0.15) is 6.54 Å². The molecular formula is C14H27IN4O. The van der Waals surface area contributed by atoms with Crippen LogP contribution in [0, 0.1) is 0 Å². The summed E-state index contributed by atoms with van der Waals surface area (Å²) in [6, 6.07) is 0.472. The lowest BCUT2D eigenvalue weighted by Gasteiger charge is -2.25. The van der Waals surface area contributed by atoms with Crippen LogP contribution >= 0.6 is 24.0 Å². The molecule has 0 aromatic carbocycles. The van der Waals surface area contributed by atoms with Gasteiger partial charge in [-0.3, -0.25) is 4.79 Å². The highest BCUT2D eigenvalue weighted by Gasteiger charge is 2.14. The fourth-order valence-electron chi connectivity index (χ4n) is 2.05. The Kier molecular flexibility index (Phi) is 10.5. The number of halogens is 1. The third-order valence-electron chi connectivity index (χ3n) is 3.23. The zero-order chi connectivity index (χ0) is 14.1. The Labute approximate surface area is 139 Å². The van der Waals surface area contributed by atoms with E-state index in [1.54, 1.807) is 25.1 Å². The Hall–Kier alpha value is -0.790. The van der Waals surface area contributed by atoms with Gasteiger partial charge in [0, 0.05) is 26.7 Å². The van der Waals surface area contributed by atoms with Crippen LogP contribution in [0.3, 0.4) is 0 Å². The second-order valence-corrected chi connectivity index (χ2v) is 5.10. The predicted octanol–water partition coefficient (Wildman–Crippen LogP) is 1.75. The number of amides is 1. The summed E-state index contributed by atoms with van der Waals surface area (Å²) in [4.78, 5) is 17.4. The molecule has 0 spiro atoms. The van der Waals surface area contributed by atoms with Gasteiger partial charge in [-0.05, 0) is 12.8 Å². The molecule has 1 rings (SSSR count). The van der Waals surface area contributed by atoms with Gasteiger partial charge in [0.15, 0.2) is 5.96 Å². The standard InChI is InChI=1S/C14H26N4O.HI/c1-4-10-15-14(16-11-13(19)18(2)3)17-12-8-6-5-7-9-12;/h4,12H,1,5-11H2,2-3H3,(H2,15,16,17);1H. The molecule has 1 fully saturated rings. The molecule has 1 amide bonds. The van der Waals surface area contributed by atoms with Crippen LogP contribution in [0.1, 0.15) is 32.1 Å². The highest BCUT2D eigenvalue weighted by Crippen LogP contribution is 2.17. The Balaban J connectivity index is 0.00000361. The summed E-state index contributed by atoms with van der Waals surface area (Å²) in [7, 11) is 3.48. The van der Waals surface area contributed by atoms with Crippen LogP contribution in [0.2, 0.25) is 0 Å². The maximum absolute atomic E-state index is 11.6. The molecule has 116 valence electrons. The molecule has 0 saturated heterocycles. The number of guanidine groups is 1. The van der Waals surface area contributed by atoms with E-state index in [1.165, 1.54) is 32.1 Å². The number of carbonyl (C=O) groups is 1. The lowest BCUT2D eigenvalue weighted by atomic mass is 9.96. The molecule has 0 aliphatic heterocycles. The summed E-state index contributed by atoms with van der Waals surface area (Å²) in [5.41, 5.74) is 0. The van der Waals surface area contributed by atoms with E-state index in [0.29, 0.717) is 18.5 Å². The van der Waals surface area contributed by atoms with Crippen LogP contribution in [0.4, 0.5) is 0 Å². The van der Waals surface area contributed by atoms with Crippen LogP contribution in [0.25, 0.3) is 0 Å². The average molecular weight is 394 g/mol. The molecule has 0 bridgehead atoms. The highest BCUT2D eigenvalue weighted by molar-refractivity contribution is 14.0. The van der Waals surface area contributed by atoms with Gasteiger partial charge in [0.05, 0.1) is 0 Å². The van der Waals surface area contributed by atoms with Crippen molar-refractivity contribution in [1.82, 2.24) is 15.5 Å². The number of nitrogens with one attached hydrogen (secondary N) is 2. The van der Waals surface area contributed by atoms with Crippen molar-refractivity contribution < 1.29 is 4.79 Å². The van der Waals surface area contributed by atoms with Crippen molar-refractivity contribution >= 4 is 35.8 Å². The molecule has 1 aliphatic carbocycles. The third-order valence-corrected chi connectivity index (χ3v) is 3.23. The van der Waals surface area contributed by atoms with E-state index in [1.807, 2.05) is 0 Å². The predicted molar refractivity (Wildman–Crippen MR) is 94.6 cm³/mol. The van der Waals surface area contributed by atoms with E-state index >= 15 is 0 Å². The highest BCUT2D eigenvalue weighted by atomic mass is 127. The summed E-state index contributed by atoms with van der Waals surface area (Å²) >= 11 is 0. The molecule has 6 heteroatoms. The van der Waals surface area contributed by atoms with Gasteiger partial charge in [-0.15, -0.1) is 30.6 Å². The molecule has 0 aromatic rings. The second kappa shape index (κ2) is 10.9.